The summed E-state index contributed by atoms with van der Waals surface area (Å²) in [7, 11) is -3.28. The van der Waals surface area contributed by atoms with Crippen LogP contribution in [-0.4, -0.2) is 25.3 Å². The first kappa shape index (κ1) is 17.0. The molecule has 0 atom stereocenters. The molecule has 0 aliphatic heterocycles. The minimum atomic E-state index is -3.28. The monoisotopic (exact) mass is 298 g/mol. The quantitative estimate of drug-likeness (QED) is 0.593. The number of nitrogens with zero attached hydrogens (tertiary/aromatic N) is 1. The molecule has 1 aromatic rings. The van der Waals surface area contributed by atoms with Crippen molar-refractivity contribution in [2.75, 3.05) is 12.3 Å². The van der Waals surface area contributed by atoms with E-state index in [0.29, 0.717) is 12.2 Å². The van der Waals surface area contributed by atoms with Crippen molar-refractivity contribution in [3.63, 3.8) is 0 Å². The molecule has 0 fully saturated rings. The van der Waals surface area contributed by atoms with Gasteiger partial charge in [-0.3, -0.25) is 0 Å². The zero-order valence-electron chi connectivity index (χ0n) is 12.7. The summed E-state index contributed by atoms with van der Waals surface area (Å²) in [4.78, 5) is 0. The number of hydrogen-bond acceptors (Lipinski definition) is 3. The zero-order chi connectivity index (χ0) is 15.2. The number of hydrogen-bond donors (Lipinski definition) is 1. The molecule has 2 N–H and O–H groups in total. The van der Waals surface area contributed by atoms with Gasteiger partial charge in [0.1, 0.15) is 0 Å². The summed E-state index contributed by atoms with van der Waals surface area (Å²) in [5.74, 6) is 0.0393. The second-order valence-corrected chi connectivity index (χ2v) is 7.33. The van der Waals surface area contributed by atoms with Gasteiger partial charge in [0.2, 0.25) is 10.0 Å². The van der Waals surface area contributed by atoms with Crippen LogP contribution in [0.15, 0.2) is 24.3 Å². The lowest BCUT2D eigenvalue weighted by Gasteiger charge is -2.26. The second-order valence-electron chi connectivity index (χ2n) is 5.41. The summed E-state index contributed by atoms with van der Waals surface area (Å²) in [6.45, 7) is 6.56. The van der Waals surface area contributed by atoms with Crippen molar-refractivity contribution in [3.8, 4) is 0 Å². The molecule has 114 valence electrons. The molecule has 0 bridgehead atoms. The van der Waals surface area contributed by atoms with Crippen molar-refractivity contribution in [1.29, 1.82) is 0 Å². The van der Waals surface area contributed by atoms with Gasteiger partial charge in [0.25, 0.3) is 0 Å². The van der Waals surface area contributed by atoms with Crippen LogP contribution < -0.4 is 5.73 Å². The summed E-state index contributed by atoms with van der Waals surface area (Å²) in [5, 5.41) is 0. The Balaban J connectivity index is 2.79. The van der Waals surface area contributed by atoms with Crippen LogP contribution in [0.5, 0.6) is 0 Å². The maximum absolute atomic E-state index is 12.5. The molecular weight excluding hydrogens is 272 g/mol. The normalized spacial score (nSPS) is 12.2. The van der Waals surface area contributed by atoms with E-state index in [2.05, 4.69) is 6.92 Å². The largest absolute Gasteiger partial charge is 0.399 e. The van der Waals surface area contributed by atoms with Crippen molar-refractivity contribution in [1.82, 2.24) is 4.31 Å². The molecule has 0 radical (unpaired) electrons. The number of nitrogens with two attached hydrogens (primary N) is 1. The maximum Gasteiger partial charge on any atom is 0.218 e. The Hall–Kier alpha value is -1.07. The van der Waals surface area contributed by atoms with Crippen molar-refractivity contribution < 1.29 is 8.42 Å². The van der Waals surface area contributed by atoms with Gasteiger partial charge >= 0.3 is 0 Å². The first-order valence-electron chi connectivity index (χ1n) is 7.20. The molecule has 0 unspecified atom stereocenters. The SMILES string of the molecule is CCCCCN(C(C)C)S(=O)(=O)Cc1ccc(N)cc1. The van der Waals surface area contributed by atoms with Crippen molar-refractivity contribution >= 4 is 15.7 Å². The Morgan fingerprint density at radius 3 is 2.25 bits per heavy atom. The van der Waals surface area contributed by atoms with Gasteiger partial charge in [-0.05, 0) is 38.0 Å². The molecule has 0 saturated heterocycles. The predicted molar refractivity (Wildman–Crippen MR) is 84.8 cm³/mol. The molecule has 0 amide bonds. The first-order chi connectivity index (χ1) is 9.36. The number of rotatable bonds is 8. The Bertz CT molecular complexity index is 495. The van der Waals surface area contributed by atoms with E-state index in [-0.39, 0.29) is 11.8 Å². The molecule has 0 heterocycles. The lowest BCUT2D eigenvalue weighted by atomic mass is 10.2. The van der Waals surface area contributed by atoms with E-state index in [0.717, 1.165) is 24.8 Å². The highest BCUT2D eigenvalue weighted by Gasteiger charge is 2.24. The Morgan fingerprint density at radius 2 is 1.75 bits per heavy atom. The second kappa shape index (κ2) is 7.64. The molecule has 20 heavy (non-hydrogen) atoms. The molecule has 1 aromatic carbocycles. The van der Waals surface area contributed by atoms with Gasteiger partial charge in [-0.2, -0.15) is 4.31 Å². The lowest BCUT2D eigenvalue weighted by Crippen LogP contribution is -2.38. The van der Waals surface area contributed by atoms with Gasteiger partial charge < -0.3 is 5.73 Å². The standard InChI is InChI=1S/C15H26N2O2S/c1-4-5-6-11-17(13(2)3)20(18,19)12-14-7-9-15(16)10-8-14/h7-10,13H,4-6,11-12,16H2,1-3H3. The smallest absolute Gasteiger partial charge is 0.218 e. The number of nitrogen functional groups attached to an aromatic ring is 1. The molecule has 0 spiro atoms. The van der Waals surface area contributed by atoms with Crippen molar-refractivity contribution in [2.24, 2.45) is 0 Å². The maximum atomic E-state index is 12.5. The molecule has 0 aromatic heterocycles. The molecule has 4 nitrogen and oxygen atoms in total. The molecule has 0 aliphatic carbocycles. The number of anilines is 1. The third kappa shape index (κ3) is 5.13. The number of unbranched alkanes of at least 4 members (excludes halogenated alkanes) is 2. The fourth-order valence-corrected chi connectivity index (χ4v) is 3.97. The van der Waals surface area contributed by atoms with Gasteiger partial charge in [-0.15, -0.1) is 0 Å². The topological polar surface area (TPSA) is 63.4 Å². The average Bonchev–Trinajstić information content (AvgIpc) is 2.36. The summed E-state index contributed by atoms with van der Waals surface area (Å²) < 4.78 is 26.6. The minimum Gasteiger partial charge on any atom is -0.399 e. The van der Waals surface area contributed by atoms with E-state index >= 15 is 0 Å². The van der Waals surface area contributed by atoms with Crippen LogP contribution in [0, 0.1) is 0 Å². The van der Waals surface area contributed by atoms with Crippen molar-refractivity contribution in [2.45, 2.75) is 51.8 Å². The average molecular weight is 298 g/mol. The highest BCUT2D eigenvalue weighted by molar-refractivity contribution is 7.88. The summed E-state index contributed by atoms with van der Waals surface area (Å²) >= 11 is 0. The van der Waals surface area contributed by atoms with Crippen LogP contribution in [0.4, 0.5) is 5.69 Å². The third-order valence-electron chi connectivity index (χ3n) is 3.24. The molecule has 1 rings (SSSR count). The summed E-state index contributed by atoms with van der Waals surface area (Å²) in [6, 6.07) is 7.02. The predicted octanol–water partition coefficient (Wildman–Crippen LogP) is 3.00. The van der Waals surface area contributed by atoms with E-state index in [9.17, 15) is 8.42 Å². The van der Waals surface area contributed by atoms with Crippen LogP contribution in [-0.2, 0) is 15.8 Å². The number of benzene rings is 1. The van der Waals surface area contributed by atoms with E-state index in [1.54, 1.807) is 28.6 Å². The molecule has 0 saturated carbocycles. The van der Waals surface area contributed by atoms with Gasteiger partial charge in [0.15, 0.2) is 0 Å². The van der Waals surface area contributed by atoms with Crippen LogP contribution >= 0.6 is 0 Å². The highest BCUT2D eigenvalue weighted by atomic mass is 32.2. The van der Waals surface area contributed by atoms with Gasteiger partial charge in [-0.25, -0.2) is 8.42 Å². The van der Waals surface area contributed by atoms with E-state index < -0.39 is 10.0 Å². The fraction of sp³-hybridized carbons (Fsp3) is 0.600. The molecular formula is C15H26N2O2S. The Kier molecular flexibility index (Phi) is 6.49. The minimum absolute atomic E-state index is 0.00867. The van der Waals surface area contributed by atoms with Crippen LogP contribution in [0.2, 0.25) is 0 Å². The Labute approximate surface area is 123 Å². The molecule has 0 aliphatic rings. The van der Waals surface area contributed by atoms with E-state index in [4.69, 9.17) is 5.73 Å². The van der Waals surface area contributed by atoms with Crippen LogP contribution in [0.3, 0.4) is 0 Å². The van der Waals surface area contributed by atoms with E-state index in [1.165, 1.54) is 0 Å². The van der Waals surface area contributed by atoms with E-state index in [1.807, 2.05) is 13.8 Å². The fourth-order valence-electron chi connectivity index (χ4n) is 2.14. The number of sulfonamides is 1. The first-order valence-corrected chi connectivity index (χ1v) is 8.81. The lowest BCUT2D eigenvalue weighted by molar-refractivity contribution is 0.345. The summed E-state index contributed by atoms with van der Waals surface area (Å²) in [5.41, 5.74) is 7.05. The van der Waals surface area contributed by atoms with Crippen molar-refractivity contribution in [3.05, 3.63) is 29.8 Å². The van der Waals surface area contributed by atoms with Gasteiger partial charge in [0.05, 0.1) is 5.75 Å². The Morgan fingerprint density at radius 1 is 1.15 bits per heavy atom. The van der Waals surface area contributed by atoms with Crippen LogP contribution in [0.1, 0.15) is 45.6 Å². The summed E-state index contributed by atoms with van der Waals surface area (Å²) in [6.07, 6.45) is 3.06. The zero-order valence-corrected chi connectivity index (χ0v) is 13.5. The highest BCUT2D eigenvalue weighted by Crippen LogP contribution is 2.16. The van der Waals surface area contributed by atoms with Crippen LogP contribution in [0.25, 0.3) is 0 Å². The van der Waals surface area contributed by atoms with Gasteiger partial charge in [0, 0.05) is 18.3 Å². The molecule has 5 heteroatoms. The third-order valence-corrected chi connectivity index (χ3v) is 5.26. The van der Waals surface area contributed by atoms with Gasteiger partial charge in [-0.1, -0.05) is 31.9 Å².